The highest BCUT2D eigenvalue weighted by atomic mass is 32.1. The first-order valence-corrected chi connectivity index (χ1v) is 9.39. The second-order valence-corrected chi connectivity index (χ2v) is 8.44. The fourth-order valence-electron chi connectivity index (χ4n) is 2.70. The van der Waals surface area contributed by atoms with Crippen molar-refractivity contribution in [2.24, 2.45) is 5.41 Å². The Bertz CT molecular complexity index is 867. The molecule has 1 aliphatic heterocycles. The summed E-state index contributed by atoms with van der Waals surface area (Å²) in [5, 5.41) is 3.46. The normalized spacial score (nSPS) is 14.0. The molecule has 0 radical (unpaired) electrons. The Morgan fingerprint density at radius 1 is 1.38 bits per heavy atom. The van der Waals surface area contributed by atoms with Crippen LogP contribution >= 0.6 is 11.3 Å². The lowest BCUT2D eigenvalue weighted by atomic mass is 9.96. The third kappa shape index (κ3) is 3.44. The predicted octanol–water partition coefficient (Wildman–Crippen LogP) is 3.85. The van der Waals surface area contributed by atoms with Crippen LogP contribution in [0.5, 0.6) is 5.75 Å². The van der Waals surface area contributed by atoms with Crippen molar-refractivity contribution in [3.05, 3.63) is 23.1 Å². The number of amides is 2. The van der Waals surface area contributed by atoms with Crippen molar-refractivity contribution in [3.63, 3.8) is 0 Å². The van der Waals surface area contributed by atoms with E-state index in [0.29, 0.717) is 17.4 Å². The Labute approximate surface area is 157 Å². The molecule has 6 nitrogen and oxygen atoms in total. The number of hydrogen-bond acceptors (Lipinski definition) is 5. The standard InChI is InChI=1S/C19H23N3O3S/c1-6-22-13-9-12(7-8-14(13)25-10-15(22)23)16-11(2)26-18(20-16)21-17(24)19(3,4)5/h7-9H,6,10H2,1-5H3,(H,20,21,24). The Balaban J connectivity index is 1.94. The number of carbonyl (C=O) groups excluding carboxylic acids is 2. The van der Waals surface area contributed by atoms with Gasteiger partial charge in [-0.15, -0.1) is 11.3 Å². The number of aryl methyl sites for hydroxylation is 1. The van der Waals surface area contributed by atoms with E-state index in [1.807, 2.05) is 52.8 Å². The maximum atomic E-state index is 12.2. The molecule has 0 aliphatic carbocycles. The summed E-state index contributed by atoms with van der Waals surface area (Å²) < 4.78 is 5.52. The molecule has 0 atom stereocenters. The lowest BCUT2D eigenvalue weighted by Gasteiger charge is -2.28. The summed E-state index contributed by atoms with van der Waals surface area (Å²) >= 11 is 1.44. The van der Waals surface area contributed by atoms with Crippen LogP contribution in [-0.4, -0.2) is 29.9 Å². The average molecular weight is 373 g/mol. The number of likely N-dealkylation sites (N-methyl/N-ethyl adjacent to an activating group) is 1. The van der Waals surface area contributed by atoms with Crippen LogP contribution in [0.1, 0.15) is 32.6 Å². The third-order valence-electron chi connectivity index (χ3n) is 4.19. The Morgan fingerprint density at radius 3 is 2.77 bits per heavy atom. The molecular formula is C19H23N3O3S. The average Bonchev–Trinajstić information content (AvgIpc) is 2.93. The van der Waals surface area contributed by atoms with Crippen molar-refractivity contribution in [3.8, 4) is 17.0 Å². The first-order chi connectivity index (χ1) is 12.2. The first-order valence-electron chi connectivity index (χ1n) is 8.57. The molecule has 1 aliphatic rings. The van der Waals surface area contributed by atoms with Crippen LogP contribution in [0.4, 0.5) is 10.8 Å². The van der Waals surface area contributed by atoms with E-state index in [9.17, 15) is 9.59 Å². The van der Waals surface area contributed by atoms with Gasteiger partial charge in [0.1, 0.15) is 5.75 Å². The summed E-state index contributed by atoms with van der Waals surface area (Å²) in [6.45, 7) is 10.2. The highest BCUT2D eigenvalue weighted by Gasteiger charge is 2.26. The van der Waals surface area contributed by atoms with E-state index < -0.39 is 5.41 Å². The van der Waals surface area contributed by atoms with Gasteiger partial charge >= 0.3 is 0 Å². The fourth-order valence-corrected chi connectivity index (χ4v) is 3.53. The summed E-state index contributed by atoms with van der Waals surface area (Å²) in [7, 11) is 0. The Morgan fingerprint density at radius 2 is 2.12 bits per heavy atom. The molecule has 0 unspecified atom stereocenters. The Kier molecular flexibility index (Phi) is 4.75. The lowest BCUT2D eigenvalue weighted by molar-refractivity contribution is -0.123. The molecule has 1 aromatic heterocycles. The summed E-state index contributed by atoms with van der Waals surface area (Å²) in [5.74, 6) is 0.578. The van der Waals surface area contributed by atoms with E-state index in [1.54, 1.807) is 4.90 Å². The molecule has 2 amide bonds. The van der Waals surface area contributed by atoms with Crippen LogP contribution in [0.15, 0.2) is 18.2 Å². The van der Waals surface area contributed by atoms with Crippen LogP contribution in [-0.2, 0) is 9.59 Å². The number of benzene rings is 1. The molecule has 138 valence electrons. The van der Waals surface area contributed by atoms with Gasteiger partial charge in [-0.1, -0.05) is 20.8 Å². The molecule has 0 fully saturated rings. The summed E-state index contributed by atoms with van der Waals surface area (Å²) in [6.07, 6.45) is 0. The van der Waals surface area contributed by atoms with E-state index >= 15 is 0 Å². The van der Waals surface area contributed by atoms with Gasteiger partial charge in [0.2, 0.25) is 5.91 Å². The number of fused-ring (bicyclic) bond motifs is 1. The highest BCUT2D eigenvalue weighted by molar-refractivity contribution is 7.16. The number of rotatable bonds is 3. The van der Waals surface area contributed by atoms with Crippen LogP contribution in [0, 0.1) is 12.3 Å². The van der Waals surface area contributed by atoms with Gasteiger partial charge in [0.25, 0.3) is 5.91 Å². The smallest absolute Gasteiger partial charge is 0.265 e. The minimum Gasteiger partial charge on any atom is -0.482 e. The fraction of sp³-hybridized carbons (Fsp3) is 0.421. The maximum absolute atomic E-state index is 12.2. The summed E-state index contributed by atoms with van der Waals surface area (Å²) in [4.78, 5) is 31.6. The number of carbonyl (C=O) groups is 2. The molecule has 2 aromatic rings. The SMILES string of the molecule is CCN1C(=O)COc2ccc(-c3nc(NC(=O)C(C)(C)C)sc3C)cc21. The maximum Gasteiger partial charge on any atom is 0.265 e. The number of nitrogens with zero attached hydrogens (tertiary/aromatic N) is 2. The molecule has 7 heteroatoms. The van der Waals surface area contributed by atoms with Crippen LogP contribution in [0.2, 0.25) is 0 Å². The van der Waals surface area contributed by atoms with Gasteiger partial charge in [0.05, 0.1) is 11.4 Å². The molecular weight excluding hydrogens is 350 g/mol. The zero-order chi connectivity index (χ0) is 19.1. The molecule has 0 bridgehead atoms. The molecule has 1 aromatic carbocycles. The van der Waals surface area contributed by atoms with Crippen LogP contribution in [0.3, 0.4) is 0 Å². The van der Waals surface area contributed by atoms with E-state index in [0.717, 1.165) is 21.8 Å². The molecule has 0 saturated heterocycles. The van der Waals surface area contributed by atoms with Crippen molar-refractivity contribution in [2.45, 2.75) is 34.6 Å². The van der Waals surface area contributed by atoms with Crippen molar-refractivity contribution in [1.29, 1.82) is 0 Å². The van der Waals surface area contributed by atoms with E-state index in [-0.39, 0.29) is 18.4 Å². The first kappa shape index (κ1) is 18.4. The quantitative estimate of drug-likeness (QED) is 0.887. The van der Waals surface area contributed by atoms with Gasteiger partial charge in [-0.3, -0.25) is 9.59 Å². The summed E-state index contributed by atoms with van der Waals surface area (Å²) in [5.41, 5.74) is 1.97. The molecule has 3 rings (SSSR count). The minimum absolute atomic E-state index is 0.0507. The van der Waals surface area contributed by atoms with Crippen molar-refractivity contribution >= 4 is 34.0 Å². The second kappa shape index (κ2) is 6.72. The second-order valence-electron chi connectivity index (χ2n) is 7.24. The van der Waals surface area contributed by atoms with Gasteiger partial charge < -0.3 is 15.0 Å². The van der Waals surface area contributed by atoms with Crippen molar-refractivity contribution in [1.82, 2.24) is 4.98 Å². The van der Waals surface area contributed by atoms with Gasteiger partial charge in [-0.25, -0.2) is 4.98 Å². The van der Waals surface area contributed by atoms with Gasteiger partial charge in [-0.2, -0.15) is 0 Å². The molecule has 26 heavy (non-hydrogen) atoms. The van der Waals surface area contributed by atoms with Gasteiger partial charge in [-0.05, 0) is 32.0 Å². The van der Waals surface area contributed by atoms with Crippen molar-refractivity contribution < 1.29 is 14.3 Å². The van der Waals surface area contributed by atoms with Gasteiger partial charge in [0.15, 0.2) is 11.7 Å². The predicted molar refractivity (Wildman–Crippen MR) is 104 cm³/mol. The number of thiazole rings is 1. The van der Waals surface area contributed by atoms with Crippen LogP contribution in [0.25, 0.3) is 11.3 Å². The van der Waals surface area contributed by atoms with E-state index in [2.05, 4.69) is 10.3 Å². The number of anilines is 2. The number of ether oxygens (including phenoxy) is 1. The number of nitrogens with one attached hydrogen (secondary N) is 1. The molecule has 0 spiro atoms. The topological polar surface area (TPSA) is 71.5 Å². The van der Waals surface area contributed by atoms with Crippen molar-refractivity contribution in [2.75, 3.05) is 23.4 Å². The number of aromatic nitrogens is 1. The third-order valence-corrected chi connectivity index (χ3v) is 5.08. The Hall–Kier alpha value is -2.41. The molecule has 0 saturated carbocycles. The van der Waals surface area contributed by atoms with E-state index in [4.69, 9.17) is 4.74 Å². The van der Waals surface area contributed by atoms with Crippen LogP contribution < -0.4 is 15.0 Å². The monoisotopic (exact) mass is 373 g/mol. The molecule has 2 heterocycles. The van der Waals surface area contributed by atoms with Gasteiger partial charge in [0, 0.05) is 22.4 Å². The minimum atomic E-state index is -0.481. The lowest BCUT2D eigenvalue weighted by Crippen LogP contribution is -2.38. The molecule has 1 N–H and O–H groups in total. The highest BCUT2D eigenvalue weighted by Crippen LogP contribution is 2.38. The largest absolute Gasteiger partial charge is 0.482 e. The number of hydrogen-bond donors (Lipinski definition) is 1. The zero-order valence-electron chi connectivity index (χ0n) is 15.7. The zero-order valence-corrected chi connectivity index (χ0v) is 16.5. The summed E-state index contributed by atoms with van der Waals surface area (Å²) in [6, 6.07) is 5.72. The van der Waals surface area contributed by atoms with E-state index in [1.165, 1.54) is 11.3 Å².